The molecule has 1 aromatic heterocycles. The van der Waals surface area contributed by atoms with E-state index in [1.807, 2.05) is 0 Å². The normalized spacial score (nSPS) is 23.5. The number of aromatic amines is 1. The molecule has 1 atom stereocenters. The summed E-state index contributed by atoms with van der Waals surface area (Å²) in [6.45, 7) is 0.659. The van der Waals surface area contributed by atoms with Crippen molar-refractivity contribution in [3.8, 4) is 0 Å². The number of carboxylic acid groups (broad SMARTS) is 1. The highest BCUT2D eigenvalue weighted by atomic mass is 16.4. The van der Waals surface area contributed by atoms with Crippen LogP contribution in [0.15, 0.2) is 12.5 Å². The van der Waals surface area contributed by atoms with Gasteiger partial charge in [-0.25, -0.2) is 9.78 Å². The van der Waals surface area contributed by atoms with Crippen LogP contribution in [0.2, 0.25) is 0 Å². The molecule has 0 saturated heterocycles. The lowest BCUT2D eigenvalue weighted by Crippen LogP contribution is -2.45. The van der Waals surface area contributed by atoms with Crippen LogP contribution in [0.1, 0.15) is 31.4 Å². The molecule has 1 aliphatic carbocycles. The zero-order valence-corrected chi connectivity index (χ0v) is 11.9. The molecular formula is C14H22N4O3. The summed E-state index contributed by atoms with van der Waals surface area (Å²) in [6, 6.07) is -0.926. The van der Waals surface area contributed by atoms with Crippen molar-refractivity contribution in [2.45, 2.75) is 38.1 Å². The molecule has 0 bridgehead atoms. The van der Waals surface area contributed by atoms with Crippen molar-refractivity contribution in [1.29, 1.82) is 0 Å². The molecule has 7 nitrogen and oxygen atoms in total. The highest BCUT2D eigenvalue weighted by Crippen LogP contribution is 2.28. The van der Waals surface area contributed by atoms with Crippen molar-refractivity contribution in [3.05, 3.63) is 18.2 Å². The van der Waals surface area contributed by atoms with Crippen LogP contribution >= 0.6 is 0 Å². The Balaban J connectivity index is 1.88. The molecule has 1 saturated carbocycles. The SMILES string of the molecule is NCC1CCC(C(=O)NC(Cc2cnc[nH]2)C(=O)O)CC1. The van der Waals surface area contributed by atoms with Gasteiger partial charge in [0.2, 0.25) is 5.91 Å². The average molecular weight is 294 g/mol. The van der Waals surface area contributed by atoms with Crippen LogP contribution in [0.3, 0.4) is 0 Å². The fourth-order valence-electron chi connectivity index (χ4n) is 2.77. The summed E-state index contributed by atoms with van der Waals surface area (Å²) < 4.78 is 0. The van der Waals surface area contributed by atoms with Crippen LogP contribution in [0, 0.1) is 11.8 Å². The van der Waals surface area contributed by atoms with Crippen LogP contribution in [0.5, 0.6) is 0 Å². The molecular weight excluding hydrogens is 272 g/mol. The van der Waals surface area contributed by atoms with Crippen LogP contribution in [0.25, 0.3) is 0 Å². The van der Waals surface area contributed by atoms with Crippen LogP contribution < -0.4 is 11.1 Å². The first kappa shape index (κ1) is 15.5. The van der Waals surface area contributed by atoms with E-state index in [0.29, 0.717) is 18.2 Å². The molecule has 0 spiro atoms. The Kier molecular flexibility index (Phi) is 5.32. The molecule has 0 radical (unpaired) electrons. The zero-order chi connectivity index (χ0) is 15.2. The second-order valence-corrected chi connectivity index (χ2v) is 5.63. The maximum atomic E-state index is 12.2. The number of carbonyl (C=O) groups excluding carboxylic acids is 1. The van der Waals surface area contributed by atoms with E-state index in [2.05, 4.69) is 15.3 Å². The van der Waals surface area contributed by atoms with Crippen molar-refractivity contribution in [2.75, 3.05) is 6.54 Å². The molecule has 1 fully saturated rings. The van der Waals surface area contributed by atoms with Gasteiger partial charge in [0.25, 0.3) is 0 Å². The second kappa shape index (κ2) is 7.21. The third kappa shape index (κ3) is 4.29. The Morgan fingerprint density at radius 2 is 2.14 bits per heavy atom. The third-order valence-electron chi connectivity index (χ3n) is 4.14. The quantitative estimate of drug-likeness (QED) is 0.600. The Morgan fingerprint density at radius 3 is 2.67 bits per heavy atom. The van der Waals surface area contributed by atoms with Gasteiger partial charge in [0.05, 0.1) is 6.33 Å². The number of hydrogen-bond donors (Lipinski definition) is 4. The molecule has 7 heteroatoms. The number of nitrogens with two attached hydrogens (primary N) is 1. The number of aromatic nitrogens is 2. The highest BCUT2D eigenvalue weighted by molar-refractivity contribution is 5.85. The van der Waals surface area contributed by atoms with Crippen LogP contribution in [0.4, 0.5) is 0 Å². The lowest BCUT2D eigenvalue weighted by molar-refractivity contribution is -0.142. The Labute approximate surface area is 123 Å². The van der Waals surface area contributed by atoms with Gasteiger partial charge in [-0.05, 0) is 38.1 Å². The fraction of sp³-hybridized carbons (Fsp3) is 0.643. The summed E-state index contributed by atoms with van der Waals surface area (Å²) in [5.74, 6) is -0.809. The first-order chi connectivity index (χ1) is 10.1. The third-order valence-corrected chi connectivity index (χ3v) is 4.14. The van der Waals surface area contributed by atoms with Gasteiger partial charge in [0.1, 0.15) is 6.04 Å². The number of nitrogens with one attached hydrogen (secondary N) is 2. The summed E-state index contributed by atoms with van der Waals surface area (Å²) in [6.07, 6.45) is 6.70. The summed E-state index contributed by atoms with van der Waals surface area (Å²) in [5, 5.41) is 11.9. The number of aliphatic carboxylic acids is 1. The number of hydrogen-bond acceptors (Lipinski definition) is 4. The van der Waals surface area contributed by atoms with Crippen molar-refractivity contribution >= 4 is 11.9 Å². The predicted octanol–water partition coefficient (Wildman–Crippen LogP) is 0.287. The van der Waals surface area contributed by atoms with Crippen molar-refractivity contribution in [1.82, 2.24) is 15.3 Å². The molecule has 1 unspecified atom stereocenters. The van der Waals surface area contributed by atoms with E-state index in [4.69, 9.17) is 5.73 Å². The molecule has 1 amide bonds. The van der Waals surface area contributed by atoms with Crippen LogP contribution in [-0.4, -0.2) is 39.5 Å². The number of carbonyl (C=O) groups is 2. The van der Waals surface area contributed by atoms with Gasteiger partial charge in [-0.2, -0.15) is 0 Å². The van der Waals surface area contributed by atoms with E-state index in [0.717, 1.165) is 25.7 Å². The molecule has 1 aromatic rings. The Hall–Kier alpha value is -1.89. The zero-order valence-electron chi connectivity index (χ0n) is 11.9. The fourth-order valence-corrected chi connectivity index (χ4v) is 2.77. The van der Waals surface area contributed by atoms with Gasteiger partial charge in [0, 0.05) is 24.2 Å². The van der Waals surface area contributed by atoms with Gasteiger partial charge in [0.15, 0.2) is 0 Å². The monoisotopic (exact) mass is 294 g/mol. The van der Waals surface area contributed by atoms with Crippen molar-refractivity contribution < 1.29 is 14.7 Å². The van der Waals surface area contributed by atoms with Crippen LogP contribution in [-0.2, 0) is 16.0 Å². The van der Waals surface area contributed by atoms with E-state index in [1.165, 1.54) is 6.33 Å². The largest absolute Gasteiger partial charge is 0.480 e. The molecule has 116 valence electrons. The molecule has 0 aliphatic heterocycles. The smallest absolute Gasteiger partial charge is 0.326 e. The molecule has 5 N–H and O–H groups in total. The number of amides is 1. The van der Waals surface area contributed by atoms with Gasteiger partial charge in [-0.1, -0.05) is 0 Å². The summed E-state index contributed by atoms with van der Waals surface area (Å²) in [4.78, 5) is 30.2. The number of carboxylic acids is 1. The number of H-pyrrole nitrogens is 1. The Bertz CT molecular complexity index is 467. The minimum absolute atomic E-state index is 0.101. The maximum absolute atomic E-state index is 12.2. The molecule has 21 heavy (non-hydrogen) atoms. The molecule has 0 aromatic carbocycles. The van der Waals surface area contributed by atoms with Crippen molar-refractivity contribution in [2.24, 2.45) is 17.6 Å². The van der Waals surface area contributed by atoms with E-state index in [-0.39, 0.29) is 18.2 Å². The topological polar surface area (TPSA) is 121 Å². The predicted molar refractivity (Wildman–Crippen MR) is 76.4 cm³/mol. The lowest BCUT2D eigenvalue weighted by atomic mass is 9.81. The summed E-state index contributed by atoms with van der Waals surface area (Å²) >= 11 is 0. The minimum atomic E-state index is -1.03. The lowest BCUT2D eigenvalue weighted by Gasteiger charge is -2.27. The van der Waals surface area contributed by atoms with Gasteiger partial charge in [-0.3, -0.25) is 4.79 Å². The van der Waals surface area contributed by atoms with E-state index >= 15 is 0 Å². The maximum Gasteiger partial charge on any atom is 0.326 e. The summed E-state index contributed by atoms with van der Waals surface area (Å²) in [5.41, 5.74) is 6.32. The van der Waals surface area contributed by atoms with E-state index in [1.54, 1.807) is 6.20 Å². The highest BCUT2D eigenvalue weighted by Gasteiger charge is 2.29. The first-order valence-electron chi connectivity index (χ1n) is 7.30. The number of nitrogens with zero attached hydrogens (tertiary/aromatic N) is 1. The Morgan fingerprint density at radius 1 is 1.43 bits per heavy atom. The molecule has 1 aliphatic rings. The average Bonchev–Trinajstić information content (AvgIpc) is 2.99. The number of rotatable bonds is 6. The molecule has 2 rings (SSSR count). The van der Waals surface area contributed by atoms with Gasteiger partial charge in [-0.15, -0.1) is 0 Å². The van der Waals surface area contributed by atoms with Gasteiger partial charge < -0.3 is 21.1 Å². The standard InChI is InChI=1S/C14H22N4O3/c15-6-9-1-3-10(4-2-9)13(19)18-12(14(20)21)5-11-7-16-8-17-11/h7-10,12H,1-6,15H2,(H,16,17)(H,18,19)(H,20,21). The first-order valence-corrected chi connectivity index (χ1v) is 7.30. The second-order valence-electron chi connectivity index (χ2n) is 5.63. The van der Waals surface area contributed by atoms with Crippen molar-refractivity contribution in [3.63, 3.8) is 0 Å². The van der Waals surface area contributed by atoms with E-state index in [9.17, 15) is 14.7 Å². The van der Waals surface area contributed by atoms with E-state index < -0.39 is 12.0 Å². The molecule has 1 heterocycles. The summed E-state index contributed by atoms with van der Waals surface area (Å²) in [7, 11) is 0. The number of imidazole rings is 1. The minimum Gasteiger partial charge on any atom is -0.480 e. The van der Waals surface area contributed by atoms with Gasteiger partial charge >= 0.3 is 5.97 Å².